The highest BCUT2D eigenvalue weighted by atomic mass is 32.2. The lowest BCUT2D eigenvalue weighted by molar-refractivity contribution is -0.0492. The van der Waals surface area contributed by atoms with Crippen LogP contribution >= 0.6 is 0 Å². The van der Waals surface area contributed by atoms with Crippen LogP contribution < -0.4 is 4.90 Å². The van der Waals surface area contributed by atoms with E-state index in [2.05, 4.69) is 9.97 Å². The van der Waals surface area contributed by atoms with Gasteiger partial charge in [0.25, 0.3) is 0 Å². The van der Waals surface area contributed by atoms with Crippen LogP contribution in [-0.2, 0) is 29.5 Å². The predicted octanol–water partition coefficient (Wildman–Crippen LogP) is 4.39. The van der Waals surface area contributed by atoms with Gasteiger partial charge in [0.1, 0.15) is 0 Å². The SMILES string of the molecule is Cc1cccc2c1N(Cc1cnc[nH]1)C(CCc1ccccc1)CN(S(=O)(=O)C(F)(F)F)C2. The number of hydrogen-bond donors (Lipinski definition) is 1. The minimum absolute atomic E-state index is 0.267. The van der Waals surface area contributed by atoms with E-state index in [1.807, 2.05) is 48.2 Å². The van der Waals surface area contributed by atoms with Gasteiger partial charge in [-0.2, -0.15) is 17.5 Å². The molecule has 2 heterocycles. The largest absolute Gasteiger partial charge is 0.511 e. The van der Waals surface area contributed by atoms with Crippen LogP contribution in [0.15, 0.2) is 61.1 Å². The molecule has 2 aromatic carbocycles. The number of halogens is 3. The van der Waals surface area contributed by atoms with E-state index in [1.54, 1.807) is 24.7 Å². The maximum absolute atomic E-state index is 13.5. The van der Waals surface area contributed by atoms with E-state index in [9.17, 15) is 21.6 Å². The third-order valence-electron chi connectivity index (χ3n) is 5.95. The topological polar surface area (TPSA) is 69.3 Å². The maximum Gasteiger partial charge on any atom is 0.511 e. The minimum atomic E-state index is -5.49. The Bertz CT molecular complexity index is 1180. The first-order valence-corrected chi connectivity index (χ1v) is 12.0. The number of imidazole rings is 1. The van der Waals surface area contributed by atoms with Crippen LogP contribution in [0.5, 0.6) is 0 Å². The molecule has 1 aliphatic heterocycles. The molecule has 6 nitrogen and oxygen atoms in total. The number of para-hydroxylation sites is 1. The highest BCUT2D eigenvalue weighted by Crippen LogP contribution is 2.37. The summed E-state index contributed by atoms with van der Waals surface area (Å²) in [5.74, 6) is 0. The summed E-state index contributed by atoms with van der Waals surface area (Å²) in [6, 6.07) is 14.5. The average molecular weight is 479 g/mol. The number of sulfonamides is 1. The molecule has 10 heteroatoms. The highest BCUT2D eigenvalue weighted by Gasteiger charge is 2.51. The Morgan fingerprint density at radius 2 is 1.88 bits per heavy atom. The van der Waals surface area contributed by atoms with Gasteiger partial charge in [0.15, 0.2) is 0 Å². The lowest BCUT2D eigenvalue weighted by Gasteiger charge is -2.35. The second-order valence-corrected chi connectivity index (χ2v) is 10.1. The monoisotopic (exact) mass is 478 g/mol. The van der Waals surface area contributed by atoms with Gasteiger partial charge in [-0.3, -0.25) is 0 Å². The quantitative estimate of drug-likeness (QED) is 0.571. The van der Waals surface area contributed by atoms with Gasteiger partial charge >= 0.3 is 15.5 Å². The number of rotatable bonds is 6. The average Bonchev–Trinajstić information content (AvgIpc) is 3.22. The number of anilines is 1. The third kappa shape index (κ3) is 4.91. The fourth-order valence-corrected chi connectivity index (χ4v) is 5.32. The summed E-state index contributed by atoms with van der Waals surface area (Å²) in [5.41, 5.74) is -1.34. The zero-order chi connectivity index (χ0) is 23.6. The maximum atomic E-state index is 13.5. The fourth-order valence-electron chi connectivity index (χ4n) is 4.35. The molecule has 0 spiro atoms. The highest BCUT2D eigenvalue weighted by molar-refractivity contribution is 7.89. The van der Waals surface area contributed by atoms with Gasteiger partial charge in [0.2, 0.25) is 0 Å². The molecular formula is C23H25F3N4O2S. The number of fused-ring (bicyclic) bond motifs is 1. The van der Waals surface area contributed by atoms with Crippen LogP contribution in [0.3, 0.4) is 0 Å². The number of nitrogens with one attached hydrogen (secondary N) is 1. The number of hydrogen-bond acceptors (Lipinski definition) is 4. The molecule has 3 aromatic rings. The lowest BCUT2D eigenvalue weighted by Crippen LogP contribution is -2.47. The van der Waals surface area contributed by atoms with Gasteiger partial charge < -0.3 is 9.88 Å². The summed E-state index contributed by atoms with van der Waals surface area (Å²) >= 11 is 0. The van der Waals surface area contributed by atoms with Gasteiger partial charge in [0.05, 0.1) is 18.6 Å². The number of aromatic nitrogens is 2. The van der Waals surface area contributed by atoms with Crippen LogP contribution in [0.4, 0.5) is 18.9 Å². The molecule has 4 rings (SSSR count). The lowest BCUT2D eigenvalue weighted by atomic mass is 10.0. The Morgan fingerprint density at radius 1 is 1.12 bits per heavy atom. The van der Waals surface area contributed by atoms with Gasteiger partial charge in [-0.05, 0) is 36.5 Å². The van der Waals surface area contributed by atoms with Crippen molar-refractivity contribution in [1.29, 1.82) is 0 Å². The van der Waals surface area contributed by atoms with E-state index in [4.69, 9.17) is 0 Å². The zero-order valence-electron chi connectivity index (χ0n) is 18.1. The van der Waals surface area contributed by atoms with Gasteiger partial charge in [-0.1, -0.05) is 48.5 Å². The van der Waals surface area contributed by atoms with E-state index in [0.29, 0.717) is 29.3 Å². The van der Waals surface area contributed by atoms with Gasteiger partial charge in [-0.15, -0.1) is 0 Å². The molecule has 1 N–H and O–H groups in total. The van der Waals surface area contributed by atoms with Crippen LogP contribution in [0.2, 0.25) is 0 Å². The van der Waals surface area contributed by atoms with Crippen molar-refractivity contribution in [2.45, 2.75) is 44.4 Å². The van der Waals surface area contributed by atoms with Crippen molar-refractivity contribution < 1.29 is 21.6 Å². The van der Waals surface area contributed by atoms with Gasteiger partial charge in [0, 0.05) is 31.0 Å². The van der Waals surface area contributed by atoms with Crippen molar-refractivity contribution in [3.8, 4) is 0 Å². The molecule has 0 saturated carbocycles. The van der Waals surface area contributed by atoms with Crippen LogP contribution in [0.1, 0.15) is 28.8 Å². The van der Waals surface area contributed by atoms with Crippen LogP contribution in [0.25, 0.3) is 0 Å². The second kappa shape index (κ2) is 9.18. The van der Waals surface area contributed by atoms with Crippen molar-refractivity contribution in [3.63, 3.8) is 0 Å². The third-order valence-corrected chi connectivity index (χ3v) is 7.49. The molecule has 0 aliphatic carbocycles. The van der Waals surface area contributed by atoms with E-state index in [1.165, 1.54) is 0 Å². The standard InChI is InChI=1S/C23H25F3N4O2S/c1-17-6-5-9-19-13-29(33(31,32)23(24,25)26)15-21(11-10-18-7-3-2-4-8-18)30(22(17)19)14-20-12-27-16-28-20/h2-9,12,16,21H,10-11,13-15H2,1H3,(H,27,28). The first kappa shape index (κ1) is 23.3. The van der Waals surface area contributed by atoms with Crippen molar-refractivity contribution in [1.82, 2.24) is 14.3 Å². The Kier molecular flexibility index (Phi) is 6.49. The molecular weight excluding hydrogens is 453 g/mol. The summed E-state index contributed by atoms with van der Waals surface area (Å²) < 4.78 is 66.1. The van der Waals surface area contributed by atoms with Crippen molar-refractivity contribution in [3.05, 3.63) is 83.4 Å². The Morgan fingerprint density at radius 3 is 2.55 bits per heavy atom. The van der Waals surface area contributed by atoms with Gasteiger partial charge in [-0.25, -0.2) is 13.4 Å². The molecule has 0 saturated heterocycles. The van der Waals surface area contributed by atoms with Crippen LogP contribution in [-0.4, -0.2) is 40.8 Å². The molecule has 1 atom stereocenters. The molecule has 1 aliphatic rings. The van der Waals surface area contributed by atoms with E-state index in [-0.39, 0.29) is 13.1 Å². The molecule has 0 amide bonds. The summed E-state index contributed by atoms with van der Waals surface area (Å²) in [7, 11) is -5.49. The normalized spacial score (nSPS) is 17.6. The fraction of sp³-hybridized carbons (Fsp3) is 0.348. The van der Waals surface area contributed by atoms with Crippen molar-refractivity contribution in [2.75, 3.05) is 11.4 Å². The molecule has 0 radical (unpaired) electrons. The summed E-state index contributed by atoms with van der Waals surface area (Å²) in [6.07, 6.45) is 4.30. The second-order valence-electron chi connectivity index (χ2n) is 8.21. The molecule has 176 valence electrons. The first-order valence-electron chi connectivity index (χ1n) is 10.6. The Balaban J connectivity index is 1.78. The number of aromatic amines is 1. The molecule has 0 fully saturated rings. The Hall–Kier alpha value is -2.85. The van der Waals surface area contributed by atoms with E-state index >= 15 is 0 Å². The van der Waals surface area contributed by atoms with Crippen LogP contribution in [0, 0.1) is 6.92 Å². The molecule has 0 bridgehead atoms. The smallest absolute Gasteiger partial charge is 0.361 e. The zero-order valence-corrected chi connectivity index (χ0v) is 18.9. The summed E-state index contributed by atoms with van der Waals surface area (Å²) in [5, 5.41) is 0. The van der Waals surface area contributed by atoms with Crippen molar-refractivity contribution in [2.24, 2.45) is 0 Å². The first-order chi connectivity index (χ1) is 15.7. The summed E-state index contributed by atoms with van der Waals surface area (Å²) in [4.78, 5) is 9.13. The number of alkyl halides is 3. The Labute approximate surface area is 191 Å². The predicted molar refractivity (Wildman–Crippen MR) is 120 cm³/mol. The van der Waals surface area contributed by atoms with E-state index < -0.39 is 21.6 Å². The summed E-state index contributed by atoms with van der Waals surface area (Å²) in [6.45, 7) is 1.66. The number of benzene rings is 2. The number of aryl methyl sites for hydroxylation is 2. The van der Waals surface area contributed by atoms with E-state index in [0.717, 1.165) is 22.5 Å². The number of H-pyrrole nitrogens is 1. The molecule has 1 aromatic heterocycles. The molecule has 1 unspecified atom stereocenters. The van der Waals surface area contributed by atoms with Crippen molar-refractivity contribution >= 4 is 15.7 Å². The molecule has 33 heavy (non-hydrogen) atoms. The minimum Gasteiger partial charge on any atom is -0.361 e. The number of nitrogens with zero attached hydrogens (tertiary/aromatic N) is 3.